The number of fused-ring (bicyclic) bond motifs is 3. The van der Waals surface area contributed by atoms with E-state index >= 15 is 0 Å². The van der Waals surface area contributed by atoms with E-state index in [-0.39, 0.29) is 11.6 Å². The van der Waals surface area contributed by atoms with Crippen molar-refractivity contribution in [3.63, 3.8) is 0 Å². The number of nitrogens with zero attached hydrogens (tertiary/aromatic N) is 1. The number of hydrogen-bond donors (Lipinski definition) is 2. The summed E-state index contributed by atoms with van der Waals surface area (Å²) in [5, 5.41) is 5.14. The van der Waals surface area contributed by atoms with Crippen LogP contribution in [0.2, 0.25) is 0 Å². The summed E-state index contributed by atoms with van der Waals surface area (Å²) in [6.07, 6.45) is 2.94. The highest BCUT2D eigenvalue weighted by Crippen LogP contribution is 2.23. The van der Waals surface area contributed by atoms with E-state index in [4.69, 9.17) is 0 Å². The Morgan fingerprint density at radius 1 is 1.16 bits per heavy atom. The molecule has 0 spiro atoms. The molecule has 2 aromatic heterocycles. The van der Waals surface area contributed by atoms with E-state index in [2.05, 4.69) is 10.3 Å². The fourth-order valence-corrected chi connectivity index (χ4v) is 3.03. The molecule has 1 aromatic carbocycles. The van der Waals surface area contributed by atoms with Crippen LogP contribution in [0.15, 0.2) is 41.3 Å². The van der Waals surface area contributed by atoms with Crippen LogP contribution in [0.4, 0.5) is 0 Å². The summed E-state index contributed by atoms with van der Waals surface area (Å²) in [6.45, 7) is 1.87. The molecule has 1 aliphatic heterocycles. The Labute approximate surface area is 110 Å². The number of hydrogen-bond acceptors (Lipinski definition) is 2. The summed E-state index contributed by atoms with van der Waals surface area (Å²) in [4.78, 5) is 16.0. The molecule has 3 aromatic rings. The Kier molecular flexibility index (Phi) is 2.26. The van der Waals surface area contributed by atoms with Crippen molar-refractivity contribution in [2.45, 2.75) is 12.5 Å². The summed E-state index contributed by atoms with van der Waals surface area (Å²) in [7, 11) is 0. The molecule has 1 unspecified atom stereocenters. The second kappa shape index (κ2) is 3.96. The lowest BCUT2D eigenvalue weighted by molar-refractivity contribution is 0.533. The molecule has 1 fully saturated rings. The smallest absolute Gasteiger partial charge is 0.260 e. The van der Waals surface area contributed by atoms with E-state index in [1.54, 1.807) is 0 Å². The second-order valence-corrected chi connectivity index (χ2v) is 5.13. The van der Waals surface area contributed by atoms with E-state index in [1.165, 1.54) is 0 Å². The Bertz CT molecular complexity index is 809. The van der Waals surface area contributed by atoms with E-state index in [1.807, 2.05) is 41.1 Å². The molecular weight excluding hydrogens is 238 g/mol. The zero-order chi connectivity index (χ0) is 12.8. The summed E-state index contributed by atoms with van der Waals surface area (Å²) < 4.78 is 1.88. The van der Waals surface area contributed by atoms with Crippen LogP contribution in [-0.2, 0) is 0 Å². The second-order valence-electron chi connectivity index (χ2n) is 5.13. The monoisotopic (exact) mass is 253 g/mol. The first kappa shape index (κ1) is 10.8. The van der Waals surface area contributed by atoms with E-state index in [0.29, 0.717) is 0 Å². The van der Waals surface area contributed by atoms with Gasteiger partial charge < -0.3 is 14.9 Å². The lowest BCUT2D eigenvalue weighted by Crippen LogP contribution is -2.25. The molecule has 1 aliphatic rings. The molecule has 0 saturated carbocycles. The largest absolute Gasteiger partial charge is 0.354 e. The fraction of sp³-hybridized carbons (Fsp3) is 0.267. The van der Waals surface area contributed by atoms with Gasteiger partial charge in [-0.25, -0.2) is 0 Å². The van der Waals surface area contributed by atoms with Crippen molar-refractivity contribution in [1.29, 1.82) is 0 Å². The van der Waals surface area contributed by atoms with Gasteiger partial charge >= 0.3 is 0 Å². The Hall–Kier alpha value is -2.07. The minimum atomic E-state index is 0.114. The van der Waals surface area contributed by atoms with Gasteiger partial charge in [0.25, 0.3) is 5.56 Å². The van der Waals surface area contributed by atoms with Crippen LogP contribution in [0, 0.1) is 0 Å². The van der Waals surface area contributed by atoms with Crippen LogP contribution >= 0.6 is 0 Å². The number of benzene rings is 1. The third-order valence-electron chi connectivity index (χ3n) is 4.01. The Morgan fingerprint density at radius 3 is 2.89 bits per heavy atom. The highest BCUT2D eigenvalue weighted by atomic mass is 16.1. The van der Waals surface area contributed by atoms with Gasteiger partial charge in [-0.2, -0.15) is 0 Å². The van der Waals surface area contributed by atoms with Gasteiger partial charge in [0.2, 0.25) is 0 Å². The van der Waals surface area contributed by atoms with Crippen molar-refractivity contribution in [2.24, 2.45) is 0 Å². The van der Waals surface area contributed by atoms with Gasteiger partial charge in [0.15, 0.2) is 0 Å². The minimum Gasteiger partial charge on any atom is -0.354 e. The predicted octanol–water partition coefficient (Wildman–Crippen LogP) is 2.02. The molecule has 4 nitrogen and oxygen atoms in total. The molecule has 2 N–H and O–H groups in total. The maximum Gasteiger partial charge on any atom is 0.260 e. The Morgan fingerprint density at radius 2 is 2.05 bits per heavy atom. The number of rotatable bonds is 1. The van der Waals surface area contributed by atoms with Crippen LogP contribution in [0.5, 0.6) is 0 Å². The van der Waals surface area contributed by atoms with Gasteiger partial charge in [-0.05, 0) is 25.1 Å². The quantitative estimate of drug-likeness (QED) is 0.697. The predicted molar refractivity (Wildman–Crippen MR) is 76.6 cm³/mol. The van der Waals surface area contributed by atoms with Crippen LogP contribution < -0.4 is 10.9 Å². The molecule has 3 heterocycles. The maximum atomic E-state index is 12.7. The summed E-state index contributed by atoms with van der Waals surface area (Å²) >= 11 is 0. The van der Waals surface area contributed by atoms with Gasteiger partial charge in [0.05, 0.1) is 16.9 Å². The van der Waals surface area contributed by atoms with Crippen LogP contribution in [-0.4, -0.2) is 22.6 Å². The lowest BCUT2D eigenvalue weighted by Gasteiger charge is -2.12. The number of aromatic amines is 1. The summed E-state index contributed by atoms with van der Waals surface area (Å²) in [5.74, 6) is 0. The van der Waals surface area contributed by atoms with Gasteiger partial charge in [-0.3, -0.25) is 4.79 Å². The molecule has 0 radical (unpaired) electrons. The van der Waals surface area contributed by atoms with Gasteiger partial charge in [0, 0.05) is 23.6 Å². The first-order valence-electron chi connectivity index (χ1n) is 6.67. The van der Waals surface area contributed by atoms with Crippen LogP contribution in [0.25, 0.3) is 21.8 Å². The summed E-state index contributed by atoms with van der Waals surface area (Å²) in [5.41, 5.74) is 2.06. The van der Waals surface area contributed by atoms with Gasteiger partial charge in [0.1, 0.15) is 0 Å². The first-order valence-corrected chi connectivity index (χ1v) is 6.67. The number of H-pyrrole nitrogens is 1. The normalized spacial score (nSPS) is 19.5. The molecule has 0 amide bonds. The average Bonchev–Trinajstić information content (AvgIpc) is 3.05. The van der Waals surface area contributed by atoms with Crippen molar-refractivity contribution >= 4 is 21.8 Å². The highest BCUT2D eigenvalue weighted by molar-refractivity contribution is 6.06. The molecule has 4 rings (SSSR count). The number of nitrogens with one attached hydrogen (secondary N) is 2. The van der Waals surface area contributed by atoms with E-state index in [0.717, 1.165) is 41.3 Å². The molecular formula is C15H15N3O. The topological polar surface area (TPSA) is 49.8 Å². The molecule has 0 aliphatic carbocycles. The lowest BCUT2D eigenvalue weighted by atomic mass is 10.2. The van der Waals surface area contributed by atoms with Crippen molar-refractivity contribution < 1.29 is 0 Å². The summed E-state index contributed by atoms with van der Waals surface area (Å²) in [6, 6.07) is 10.3. The van der Waals surface area contributed by atoms with Gasteiger partial charge in [-0.15, -0.1) is 0 Å². The SMILES string of the molecule is O=c1c2c(ccn1C1CCNC1)[nH]c1ccccc12. The number of pyridine rings is 1. The molecule has 4 heteroatoms. The van der Waals surface area contributed by atoms with E-state index in [9.17, 15) is 4.79 Å². The standard InChI is InChI=1S/C15H15N3O/c19-15-14-11-3-1-2-4-12(11)17-13(14)6-8-18(15)10-5-7-16-9-10/h1-4,6,8,10,16-17H,5,7,9H2. The van der Waals surface area contributed by atoms with Crippen LogP contribution in [0.1, 0.15) is 12.5 Å². The molecule has 0 bridgehead atoms. The van der Waals surface area contributed by atoms with Crippen LogP contribution in [0.3, 0.4) is 0 Å². The third kappa shape index (κ3) is 1.53. The Balaban J connectivity index is 2.05. The zero-order valence-corrected chi connectivity index (χ0v) is 10.5. The van der Waals surface area contributed by atoms with Crippen molar-refractivity contribution in [3.05, 3.63) is 46.9 Å². The average molecular weight is 253 g/mol. The fourth-order valence-electron chi connectivity index (χ4n) is 3.03. The molecule has 1 atom stereocenters. The van der Waals surface area contributed by atoms with E-state index < -0.39 is 0 Å². The van der Waals surface area contributed by atoms with Crippen molar-refractivity contribution in [1.82, 2.24) is 14.9 Å². The van der Waals surface area contributed by atoms with Crippen molar-refractivity contribution in [3.8, 4) is 0 Å². The molecule has 19 heavy (non-hydrogen) atoms. The molecule has 96 valence electrons. The highest BCUT2D eigenvalue weighted by Gasteiger charge is 2.19. The van der Waals surface area contributed by atoms with Gasteiger partial charge in [-0.1, -0.05) is 18.2 Å². The van der Waals surface area contributed by atoms with Crippen molar-refractivity contribution in [2.75, 3.05) is 13.1 Å². The zero-order valence-electron chi connectivity index (χ0n) is 10.5. The number of para-hydroxylation sites is 1. The third-order valence-corrected chi connectivity index (χ3v) is 4.01. The minimum absolute atomic E-state index is 0.114. The maximum absolute atomic E-state index is 12.7. The first-order chi connectivity index (χ1) is 9.34. The molecule has 1 saturated heterocycles. The number of aromatic nitrogens is 2.